The largest absolute Gasteiger partial charge is 0.360 e. The molecule has 1 fully saturated rings. The molecule has 138 valence electrons. The smallest absolute Gasteiger partial charge is 0.279 e. The molecule has 0 unspecified atom stereocenters. The monoisotopic (exact) mass is 352 g/mol. The van der Waals surface area contributed by atoms with Gasteiger partial charge in [0.1, 0.15) is 0 Å². The normalized spacial score (nSPS) is 15.1. The Morgan fingerprint density at radius 2 is 1.58 bits per heavy atom. The molecule has 4 heteroatoms. The van der Waals surface area contributed by atoms with Crippen LogP contribution in [0, 0.1) is 0 Å². The van der Waals surface area contributed by atoms with Gasteiger partial charge in [-0.15, -0.1) is 0 Å². The Hall–Kier alpha value is -2.33. The number of carbonyl (C=O) groups is 1. The van der Waals surface area contributed by atoms with E-state index in [2.05, 4.69) is 66.5 Å². The molecule has 3 rings (SSSR count). The lowest BCUT2D eigenvalue weighted by Gasteiger charge is -2.33. The third-order valence-electron chi connectivity index (χ3n) is 5.27. The predicted molar refractivity (Wildman–Crippen MR) is 108 cm³/mol. The number of para-hydroxylation sites is 2. The summed E-state index contributed by atoms with van der Waals surface area (Å²) in [4.78, 5) is 16.4. The first-order chi connectivity index (χ1) is 12.7. The summed E-state index contributed by atoms with van der Waals surface area (Å²) in [7, 11) is 0. The number of aryl methyl sites for hydroxylation is 2. The average molecular weight is 353 g/mol. The summed E-state index contributed by atoms with van der Waals surface area (Å²) in [6, 6.07) is 16.8. The highest BCUT2D eigenvalue weighted by Crippen LogP contribution is 2.22. The summed E-state index contributed by atoms with van der Waals surface area (Å²) in [5.74, 6) is 0.128. The van der Waals surface area contributed by atoms with Crippen molar-refractivity contribution < 1.29 is 9.69 Å². The molecule has 4 nitrogen and oxygen atoms in total. The first-order valence-corrected chi connectivity index (χ1v) is 9.75. The second-order valence-electron chi connectivity index (χ2n) is 6.96. The van der Waals surface area contributed by atoms with Crippen LogP contribution in [0.15, 0.2) is 48.5 Å². The quantitative estimate of drug-likeness (QED) is 0.836. The molecule has 0 saturated carbocycles. The summed E-state index contributed by atoms with van der Waals surface area (Å²) >= 11 is 0. The first-order valence-electron chi connectivity index (χ1n) is 9.75. The maximum atomic E-state index is 12.6. The summed E-state index contributed by atoms with van der Waals surface area (Å²) in [6.07, 6.45) is 1.87. The number of amides is 1. The third-order valence-corrected chi connectivity index (χ3v) is 5.27. The molecule has 0 aromatic heterocycles. The van der Waals surface area contributed by atoms with Gasteiger partial charge < -0.3 is 15.1 Å². The number of hydrogen-bond acceptors (Lipinski definition) is 2. The minimum absolute atomic E-state index is 0.128. The molecule has 1 aliphatic heterocycles. The van der Waals surface area contributed by atoms with Gasteiger partial charge >= 0.3 is 0 Å². The Morgan fingerprint density at radius 3 is 2.15 bits per heavy atom. The van der Waals surface area contributed by atoms with Gasteiger partial charge in [-0.3, -0.25) is 4.79 Å². The molecule has 2 N–H and O–H groups in total. The van der Waals surface area contributed by atoms with Crippen LogP contribution in [0.5, 0.6) is 0 Å². The van der Waals surface area contributed by atoms with Gasteiger partial charge in [0.05, 0.1) is 26.2 Å². The van der Waals surface area contributed by atoms with Gasteiger partial charge in [-0.05, 0) is 36.1 Å². The maximum absolute atomic E-state index is 12.6. The van der Waals surface area contributed by atoms with E-state index >= 15 is 0 Å². The van der Waals surface area contributed by atoms with Crippen LogP contribution >= 0.6 is 0 Å². The van der Waals surface area contributed by atoms with Crippen molar-refractivity contribution in [2.75, 3.05) is 42.9 Å². The van der Waals surface area contributed by atoms with Gasteiger partial charge in [0.2, 0.25) is 0 Å². The molecule has 2 aromatic carbocycles. The van der Waals surface area contributed by atoms with Crippen molar-refractivity contribution in [2.24, 2.45) is 0 Å². The molecule has 0 radical (unpaired) electrons. The zero-order valence-corrected chi connectivity index (χ0v) is 15.9. The van der Waals surface area contributed by atoms with E-state index in [-0.39, 0.29) is 5.91 Å². The zero-order chi connectivity index (χ0) is 18.4. The average Bonchev–Trinajstić information content (AvgIpc) is 2.69. The number of piperazine rings is 1. The lowest BCUT2D eigenvalue weighted by atomic mass is 10.0. The van der Waals surface area contributed by atoms with Crippen LogP contribution < -0.4 is 15.1 Å². The van der Waals surface area contributed by atoms with Gasteiger partial charge in [-0.2, -0.15) is 0 Å². The molecule has 0 spiro atoms. The SMILES string of the molecule is CCc1cccc(CC)c1NC(=O)C[NH+]1CCN(c2ccccc2)CC1. The number of quaternary nitrogens is 1. The minimum Gasteiger partial charge on any atom is -0.360 e. The van der Waals surface area contributed by atoms with Crippen LogP contribution in [0.3, 0.4) is 0 Å². The van der Waals surface area contributed by atoms with E-state index in [1.165, 1.54) is 21.7 Å². The van der Waals surface area contributed by atoms with Crippen molar-refractivity contribution in [2.45, 2.75) is 26.7 Å². The third kappa shape index (κ3) is 4.44. The number of hydrogen-bond donors (Lipinski definition) is 2. The van der Waals surface area contributed by atoms with Crippen molar-refractivity contribution >= 4 is 17.3 Å². The molecular formula is C22H30N3O+. The highest BCUT2D eigenvalue weighted by atomic mass is 16.2. The van der Waals surface area contributed by atoms with E-state index in [0.29, 0.717) is 6.54 Å². The van der Waals surface area contributed by atoms with Gasteiger partial charge in [0, 0.05) is 11.4 Å². The van der Waals surface area contributed by atoms with Crippen LogP contribution in [0.1, 0.15) is 25.0 Å². The van der Waals surface area contributed by atoms with E-state index in [1.807, 2.05) is 6.07 Å². The van der Waals surface area contributed by atoms with Crippen LogP contribution in [-0.4, -0.2) is 38.6 Å². The highest BCUT2D eigenvalue weighted by molar-refractivity contribution is 5.93. The summed E-state index contributed by atoms with van der Waals surface area (Å²) in [5, 5.41) is 3.20. The summed E-state index contributed by atoms with van der Waals surface area (Å²) in [6.45, 7) is 8.81. The molecule has 1 heterocycles. The number of benzene rings is 2. The van der Waals surface area contributed by atoms with Crippen molar-refractivity contribution in [1.29, 1.82) is 0 Å². The second kappa shape index (κ2) is 8.86. The number of anilines is 2. The van der Waals surface area contributed by atoms with Crippen molar-refractivity contribution in [3.05, 3.63) is 59.7 Å². The minimum atomic E-state index is 0.128. The highest BCUT2D eigenvalue weighted by Gasteiger charge is 2.22. The number of rotatable bonds is 6. The summed E-state index contributed by atoms with van der Waals surface area (Å²) in [5.41, 5.74) is 4.76. The molecular weight excluding hydrogens is 322 g/mol. The Bertz CT molecular complexity index is 699. The fraction of sp³-hybridized carbons (Fsp3) is 0.409. The fourth-order valence-corrected chi connectivity index (χ4v) is 3.71. The number of nitrogens with one attached hydrogen (secondary N) is 2. The van der Waals surface area contributed by atoms with Gasteiger partial charge in [-0.25, -0.2) is 0 Å². The van der Waals surface area contributed by atoms with E-state index in [0.717, 1.165) is 44.7 Å². The molecule has 0 aliphatic carbocycles. The van der Waals surface area contributed by atoms with E-state index < -0.39 is 0 Å². The fourth-order valence-electron chi connectivity index (χ4n) is 3.71. The van der Waals surface area contributed by atoms with Crippen LogP contribution in [0.4, 0.5) is 11.4 Å². The Labute approximate surface area is 156 Å². The first kappa shape index (κ1) is 18.5. The summed E-state index contributed by atoms with van der Waals surface area (Å²) < 4.78 is 0. The van der Waals surface area contributed by atoms with Crippen LogP contribution in [0.25, 0.3) is 0 Å². The van der Waals surface area contributed by atoms with Crippen LogP contribution in [-0.2, 0) is 17.6 Å². The molecule has 0 bridgehead atoms. The van der Waals surface area contributed by atoms with E-state index in [4.69, 9.17) is 0 Å². The number of carbonyl (C=O) groups excluding carboxylic acids is 1. The van der Waals surface area contributed by atoms with Gasteiger partial charge in [0.25, 0.3) is 5.91 Å². The van der Waals surface area contributed by atoms with Crippen molar-refractivity contribution in [3.63, 3.8) is 0 Å². The number of nitrogens with zero attached hydrogens (tertiary/aromatic N) is 1. The van der Waals surface area contributed by atoms with Gasteiger partial charge in [-0.1, -0.05) is 50.2 Å². The lowest BCUT2D eigenvalue weighted by Crippen LogP contribution is -3.15. The van der Waals surface area contributed by atoms with Crippen molar-refractivity contribution in [1.82, 2.24) is 0 Å². The molecule has 2 aromatic rings. The van der Waals surface area contributed by atoms with Crippen molar-refractivity contribution in [3.8, 4) is 0 Å². The Kier molecular flexibility index (Phi) is 6.29. The topological polar surface area (TPSA) is 36.8 Å². The van der Waals surface area contributed by atoms with Crippen LogP contribution in [0.2, 0.25) is 0 Å². The zero-order valence-electron chi connectivity index (χ0n) is 15.9. The van der Waals surface area contributed by atoms with Gasteiger partial charge in [0.15, 0.2) is 6.54 Å². The molecule has 1 saturated heterocycles. The Balaban J connectivity index is 1.55. The van der Waals surface area contributed by atoms with E-state index in [9.17, 15) is 4.79 Å². The molecule has 1 aliphatic rings. The molecule has 1 amide bonds. The maximum Gasteiger partial charge on any atom is 0.279 e. The standard InChI is InChI=1S/C22H29N3O/c1-3-18-9-8-10-19(4-2)22(18)23-21(26)17-24-13-15-25(16-14-24)20-11-6-5-7-12-20/h5-12H,3-4,13-17H2,1-2H3,(H,23,26)/p+1. The van der Waals surface area contributed by atoms with E-state index in [1.54, 1.807) is 0 Å². The second-order valence-corrected chi connectivity index (χ2v) is 6.96. The lowest BCUT2D eigenvalue weighted by molar-refractivity contribution is -0.892. The molecule has 26 heavy (non-hydrogen) atoms. The Morgan fingerprint density at radius 1 is 0.962 bits per heavy atom. The predicted octanol–water partition coefficient (Wildman–Crippen LogP) is 2.15. The molecule has 0 atom stereocenters.